The molecule has 4 nitrogen and oxygen atoms in total. The summed E-state index contributed by atoms with van der Waals surface area (Å²) >= 11 is 0. The Hall–Kier alpha value is -1.84. The first-order chi connectivity index (χ1) is 9.92. The minimum absolute atomic E-state index is 0.162. The van der Waals surface area contributed by atoms with Gasteiger partial charge in [-0.25, -0.2) is 0 Å². The van der Waals surface area contributed by atoms with E-state index in [2.05, 4.69) is 5.32 Å². The molecule has 0 spiro atoms. The molecule has 0 heterocycles. The minimum Gasteiger partial charge on any atom is -0.481 e. The Kier molecular flexibility index (Phi) is 4.66. The summed E-state index contributed by atoms with van der Waals surface area (Å²) in [6, 6.07) is 5.83. The number of nitrogens with one attached hydrogen (secondary N) is 1. The Labute approximate surface area is 125 Å². The zero-order valence-electron chi connectivity index (χ0n) is 12.8. The van der Waals surface area contributed by atoms with Crippen LogP contribution in [-0.4, -0.2) is 17.0 Å². The maximum absolute atomic E-state index is 12.5. The number of carbonyl (C=O) groups excluding carboxylic acids is 1. The highest BCUT2D eigenvalue weighted by atomic mass is 16.4. The Balaban J connectivity index is 2.13. The maximum atomic E-state index is 12.5. The predicted octanol–water partition coefficient (Wildman–Crippen LogP) is 3.38. The second-order valence-electron chi connectivity index (χ2n) is 6.10. The summed E-state index contributed by atoms with van der Waals surface area (Å²) in [7, 11) is 0. The number of hydrogen-bond donors (Lipinski definition) is 2. The third-order valence-corrected chi connectivity index (χ3v) is 4.53. The highest BCUT2D eigenvalue weighted by Gasteiger charge is 2.42. The van der Waals surface area contributed by atoms with Gasteiger partial charge in [0.2, 0.25) is 5.91 Å². The van der Waals surface area contributed by atoms with Crippen LogP contribution in [-0.2, 0) is 9.59 Å². The first kappa shape index (κ1) is 15.5. The van der Waals surface area contributed by atoms with Crippen LogP contribution in [0.15, 0.2) is 18.2 Å². The van der Waals surface area contributed by atoms with E-state index >= 15 is 0 Å². The van der Waals surface area contributed by atoms with Gasteiger partial charge in [0.25, 0.3) is 0 Å². The Morgan fingerprint density at radius 1 is 1.24 bits per heavy atom. The molecule has 1 amide bonds. The quantitative estimate of drug-likeness (QED) is 0.893. The molecule has 0 aromatic heterocycles. The van der Waals surface area contributed by atoms with Crippen molar-refractivity contribution in [2.45, 2.75) is 40.0 Å². The fourth-order valence-corrected chi connectivity index (χ4v) is 3.22. The predicted molar refractivity (Wildman–Crippen MR) is 82.2 cm³/mol. The van der Waals surface area contributed by atoms with Crippen molar-refractivity contribution < 1.29 is 14.7 Å². The summed E-state index contributed by atoms with van der Waals surface area (Å²) in [5.41, 5.74) is 2.91. The van der Waals surface area contributed by atoms with E-state index in [-0.39, 0.29) is 5.91 Å². The van der Waals surface area contributed by atoms with Gasteiger partial charge >= 0.3 is 5.97 Å². The molecular formula is C17H23NO3. The third kappa shape index (κ3) is 3.43. The zero-order chi connectivity index (χ0) is 15.6. The SMILES string of the molecule is CCC1C[C@H](C(=O)Nc2ccc(C)cc2C)[C@H](C(=O)O)C1. The number of aliphatic carboxylic acids is 1. The molecule has 2 N–H and O–H groups in total. The van der Waals surface area contributed by atoms with E-state index in [0.717, 1.165) is 23.2 Å². The first-order valence-corrected chi connectivity index (χ1v) is 7.53. The summed E-state index contributed by atoms with van der Waals surface area (Å²) in [6.07, 6.45) is 2.21. The van der Waals surface area contributed by atoms with E-state index in [0.29, 0.717) is 18.8 Å². The molecule has 3 atom stereocenters. The van der Waals surface area contributed by atoms with Crippen molar-refractivity contribution >= 4 is 17.6 Å². The average Bonchev–Trinajstić information content (AvgIpc) is 2.86. The molecule has 0 bridgehead atoms. The van der Waals surface area contributed by atoms with Crippen LogP contribution < -0.4 is 5.32 Å². The molecule has 1 aromatic rings. The van der Waals surface area contributed by atoms with Crippen LogP contribution in [0.2, 0.25) is 0 Å². The van der Waals surface area contributed by atoms with Crippen LogP contribution >= 0.6 is 0 Å². The second kappa shape index (κ2) is 6.29. The van der Waals surface area contributed by atoms with Gasteiger partial charge in [-0.05, 0) is 44.2 Å². The molecule has 2 rings (SSSR count). The molecule has 0 radical (unpaired) electrons. The number of rotatable bonds is 4. The van der Waals surface area contributed by atoms with Gasteiger partial charge < -0.3 is 10.4 Å². The van der Waals surface area contributed by atoms with Crippen molar-refractivity contribution in [2.24, 2.45) is 17.8 Å². The zero-order valence-corrected chi connectivity index (χ0v) is 12.8. The van der Waals surface area contributed by atoms with E-state index in [4.69, 9.17) is 0 Å². The number of carboxylic acid groups (broad SMARTS) is 1. The van der Waals surface area contributed by atoms with E-state index < -0.39 is 17.8 Å². The first-order valence-electron chi connectivity index (χ1n) is 7.53. The Morgan fingerprint density at radius 3 is 2.48 bits per heavy atom. The van der Waals surface area contributed by atoms with Crippen LogP contribution in [0, 0.1) is 31.6 Å². The van der Waals surface area contributed by atoms with Gasteiger partial charge in [-0.1, -0.05) is 31.0 Å². The average molecular weight is 289 g/mol. The Morgan fingerprint density at radius 2 is 1.90 bits per heavy atom. The number of anilines is 1. The van der Waals surface area contributed by atoms with Gasteiger partial charge in [-0.3, -0.25) is 9.59 Å². The summed E-state index contributed by atoms with van der Waals surface area (Å²) in [4.78, 5) is 23.8. The number of carboxylic acids is 1. The fraction of sp³-hybridized carbons (Fsp3) is 0.529. The van der Waals surface area contributed by atoms with Gasteiger partial charge in [0, 0.05) is 5.69 Å². The van der Waals surface area contributed by atoms with Gasteiger partial charge in [0.15, 0.2) is 0 Å². The van der Waals surface area contributed by atoms with Crippen molar-refractivity contribution in [2.75, 3.05) is 5.32 Å². The van der Waals surface area contributed by atoms with Crippen molar-refractivity contribution in [1.29, 1.82) is 0 Å². The van der Waals surface area contributed by atoms with Gasteiger partial charge in [0.05, 0.1) is 11.8 Å². The number of amides is 1. The fourth-order valence-electron chi connectivity index (χ4n) is 3.22. The molecule has 4 heteroatoms. The van der Waals surface area contributed by atoms with Crippen LogP contribution in [0.5, 0.6) is 0 Å². The van der Waals surface area contributed by atoms with Crippen molar-refractivity contribution in [3.63, 3.8) is 0 Å². The molecule has 1 fully saturated rings. The number of hydrogen-bond acceptors (Lipinski definition) is 2. The minimum atomic E-state index is -0.855. The summed E-state index contributed by atoms with van der Waals surface area (Å²) < 4.78 is 0. The topological polar surface area (TPSA) is 66.4 Å². The van der Waals surface area contributed by atoms with Gasteiger partial charge in [-0.15, -0.1) is 0 Å². The van der Waals surface area contributed by atoms with Gasteiger partial charge in [-0.2, -0.15) is 0 Å². The van der Waals surface area contributed by atoms with E-state index in [9.17, 15) is 14.7 Å². The number of carbonyl (C=O) groups is 2. The highest BCUT2D eigenvalue weighted by molar-refractivity contribution is 5.96. The smallest absolute Gasteiger partial charge is 0.307 e. The molecule has 114 valence electrons. The molecule has 21 heavy (non-hydrogen) atoms. The van der Waals surface area contributed by atoms with Crippen LogP contribution in [0.25, 0.3) is 0 Å². The molecule has 1 aliphatic rings. The monoisotopic (exact) mass is 289 g/mol. The lowest BCUT2D eigenvalue weighted by molar-refractivity contribution is -0.145. The molecule has 0 aliphatic heterocycles. The summed E-state index contributed by atoms with van der Waals surface area (Å²) in [5, 5.41) is 12.2. The molecule has 1 aromatic carbocycles. The van der Waals surface area contributed by atoms with Crippen LogP contribution in [0.1, 0.15) is 37.3 Å². The molecule has 1 unspecified atom stereocenters. The maximum Gasteiger partial charge on any atom is 0.307 e. The molecule has 0 saturated heterocycles. The molecule has 1 saturated carbocycles. The van der Waals surface area contributed by atoms with Crippen molar-refractivity contribution in [1.82, 2.24) is 0 Å². The Bertz CT molecular complexity index is 553. The van der Waals surface area contributed by atoms with Gasteiger partial charge in [0.1, 0.15) is 0 Å². The standard InChI is InChI=1S/C17H23NO3/c1-4-12-8-13(14(9-12)17(20)21)16(19)18-15-6-5-10(2)7-11(15)3/h5-7,12-14H,4,8-9H2,1-3H3,(H,18,19)(H,20,21)/t12?,13-,14+/m0/s1. The number of benzene rings is 1. The molecular weight excluding hydrogens is 266 g/mol. The highest BCUT2D eigenvalue weighted by Crippen LogP contribution is 2.39. The lowest BCUT2D eigenvalue weighted by Crippen LogP contribution is -2.30. The lowest BCUT2D eigenvalue weighted by Gasteiger charge is -2.16. The summed E-state index contributed by atoms with van der Waals surface area (Å²) in [6.45, 7) is 6.00. The van der Waals surface area contributed by atoms with Crippen molar-refractivity contribution in [3.8, 4) is 0 Å². The normalized spacial score (nSPS) is 24.8. The van der Waals surface area contributed by atoms with Crippen LogP contribution in [0.4, 0.5) is 5.69 Å². The van der Waals surface area contributed by atoms with Crippen molar-refractivity contribution in [3.05, 3.63) is 29.3 Å². The third-order valence-electron chi connectivity index (χ3n) is 4.53. The number of aryl methyl sites for hydroxylation is 2. The van der Waals surface area contributed by atoms with E-state index in [1.807, 2.05) is 39.0 Å². The van der Waals surface area contributed by atoms with Crippen LogP contribution in [0.3, 0.4) is 0 Å². The molecule has 1 aliphatic carbocycles. The second-order valence-corrected chi connectivity index (χ2v) is 6.10. The van der Waals surface area contributed by atoms with E-state index in [1.165, 1.54) is 0 Å². The largest absolute Gasteiger partial charge is 0.481 e. The van der Waals surface area contributed by atoms with E-state index in [1.54, 1.807) is 0 Å². The summed E-state index contributed by atoms with van der Waals surface area (Å²) in [5.74, 6) is -1.66. The lowest BCUT2D eigenvalue weighted by atomic mass is 9.95.